The maximum absolute atomic E-state index is 6.72. The van der Waals surface area contributed by atoms with Crippen LogP contribution in [0, 0.1) is 0 Å². The molecule has 0 bridgehead atoms. The van der Waals surface area contributed by atoms with Gasteiger partial charge >= 0.3 is 0 Å². The van der Waals surface area contributed by atoms with Gasteiger partial charge in [0.15, 0.2) is 11.5 Å². The van der Waals surface area contributed by atoms with Crippen molar-refractivity contribution in [1.82, 2.24) is 0 Å². The van der Waals surface area contributed by atoms with Gasteiger partial charge in [0.05, 0.1) is 11.4 Å². The van der Waals surface area contributed by atoms with Crippen LogP contribution in [0.5, 0.6) is 11.5 Å². The Labute approximate surface area is 258 Å². The highest BCUT2D eigenvalue weighted by atomic mass is 16.5. The fourth-order valence-electron chi connectivity index (χ4n) is 8.01. The molecule has 0 unspecified atom stereocenters. The van der Waals surface area contributed by atoms with Crippen LogP contribution in [0.1, 0.15) is 49.9 Å². The van der Waals surface area contributed by atoms with Gasteiger partial charge in [0.1, 0.15) is 0 Å². The van der Waals surface area contributed by atoms with Crippen molar-refractivity contribution in [3.63, 3.8) is 0 Å². The third-order valence-corrected chi connectivity index (χ3v) is 10.3. The average Bonchev–Trinajstić information content (AvgIpc) is 3.06. The molecule has 2 heteroatoms. The topological polar surface area (TPSA) is 12.5 Å². The largest absolute Gasteiger partial charge is 0.453 e. The fraction of sp³-hybridized carbons (Fsp3) is 0.143. The van der Waals surface area contributed by atoms with Gasteiger partial charge in [0.25, 0.3) is 0 Å². The quantitative estimate of drug-likeness (QED) is 0.183. The first-order chi connectivity index (χ1) is 21.3. The summed E-state index contributed by atoms with van der Waals surface area (Å²) in [7, 11) is 0. The third kappa shape index (κ3) is 3.31. The molecule has 1 aliphatic carbocycles. The molecule has 0 saturated heterocycles. The van der Waals surface area contributed by atoms with Gasteiger partial charge in [-0.3, -0.25) is 0 Å². The number of ether oxygens (including phenoxy) is 1. The van der Waals surface area contributed by atoms with Crippen LogP contribution >= 0.6 is 0 Å². The highest BCUT2D eigenvalue weighted by molar-refractivity contribution is 6.25. The zero-order valence-electron chi connectivity index (χ0n) is 25.5. The lowest BCUT2D eigenvalue weighted by molar-refractivity contribution is 0.467. The Morgan fingerprint density at radius 1 is 0.409 bits per heavy atom. The number of fused-ring (bicyclic) bond motifs is 10. The van der Waals surface area contributed by atoms with Gasteiger partial charge in [-0.05, 0) is 91.0 Å². The first kappa shape index (κ1) is 25.4. The van der Waals surface area contributed by atoms with Crippen LogP contribution in [-0.2, 0) is 10.8 Å². The van der Waals surface area contributed by atoms with Gasteiger partial charge in [0.2, 0.25) is 0 Å². The lowest BCUT2D eigenvalue weighted by atomic mass is 9.60. The predicted octanol–water partition coefficient (Wildman–Crippen LogP) is 11.7. The van der Waals surface area contributed by atoms with Crippen molar-refractivity contribution < 1.29 is 4.74 Å². The van der Waals surface area contributed by atoms with Crippen LogP contribution in [-0.4, -0.2) is 0 Å². The number of rotatable bonds is 1. The fourth-order valence-corrected chi connectivity index (χ4v) is 8.01. The molecule has 0 spiro atoms. The first-order valence-corrected chi connectivity index (χ1v) is 15.5. The molecule has 0 atom stereocenters. The Morgan fingerprint density at radius 2 is 0.909 bits per heavy atom. The number of para-hydroxylation sites is 2. The molecule has 0 amide bonds. The second kappa shape index (κ2) is 8.74. The van der Waals surface area contributed by atoms with Crippen molar-refractivity contribution >= 4 is 49.4 Å². The molecule has 1 heterocycles. The Balaban J connectivity index is 1.33. The SMILES string of the molecule is CC1(C)c2ccccc2C(C)(C)c2cc3c(cc21)Oc1ccccc1N3c1ccc2c3ccccc3c3ccccc3c2c1. The highest BCUT2D eigenvalue weighted by Gasteiger charge is 2.43. The number of nitrogens with zero attached hydrogens (tertiary/aromatic N) is 1. The van der Waals surface area contributed by atoms with E-state index in [-0.39, 0.29) is 10.8 Å². The molecule has 1 aliphatic heterocycles. The van der Waals surface area contributed by atoms with Gasteiger partial charge in [-0.15, -0.1) is 0 Å². The minimum Gasteiger partial charge on any atom is -0.453 e. The molecule has 7 aromatic carbocycles. The van der Waals surface area contributed by atoms with Crippen molar-refractivity contribution in [3.05, 3.63) is 150 Å². The molecule has 0 radical (unpaired) electrons. The predicted molar refractivity (Wildman–Crippen MR) is 184 cm³/mol. The van der Waals surface area contributed by atoms with Gasteiger partial charge in [-0.25, -0.2) is 0 Å². The van der Waals surface area contributed by atoms with Gasteiger partial charge in [-0.2, -0.15) is 0 Å². The molecular weight excluding hydrogens is 534 g/mol. The Kier molecular flexibility index (Phi) is 5.05. The van der Waals surface area contributed by atoms with Crippen LogP contribution in [0.15, 0.2) is 127 Å². The molecule has 9 rings (SSSR count). The highest BCUT2D eigenvalue weighted by Crippen LogP contribution is 2.57. The summed E-state index contributed by atoms with van der Waals surface area (Å²) in [5, 5.41) is 7.67. The molecule has 2 nitrogen and oxygen atoms in total. The summed E-state index contributed by atoms with van der Waals surface area (Å²) in [5.74, 6) is 1.77. The molecule has 0 fully saturated rings. The van der Waals surface area contributed by atoms with Crippen molar-refractivity contribution in [2.45, 2.75) is 38.5 Å². The summed E-state index contributed by atoms with van der Waals surface area (Å²) in [5.41, 5.74) is 8.42. The lowest BCUT2D eigenvalue weighted by Gasteiger charge is -2.45. The van der Waals surface area contributed by atoms with Gasteiger partial charge in [-0.1, -0.05) is 119 Å². The van der Waals surface area contributed by atoms with Crippen LogP contribution in [0.4, 0.5) is 17.1 Å². The van der Waals surface area contributed by atoms with E-state index in [2.05, 4.69) is 160 Å². The maximum Gasteiger partial charge on any atom is 0.151 e. The van der Waals surface area contributed by atoms with Crippen LogP contribution < -0.4 is 9.64 Å². The average molecular weight is 568 g/mol. The molecular formula is C42H33NO. The van der Waals surface area contributed by atoms with Gasteiger partial charge < -0.3 is 9.64 Å². The summed E-state index contributed by atoms with van der Waals surface area (Å²) >= 11 is 0. The van der Waals surface area contributed by atoms with Crippen molar-refractivity contribution in [3.8, 4) is 11.5 Å². The van der Waals surface area contributed by atoms with E-state index in [0.29, 0.717) is 0 Å². The molecule has 7 aromatic rings. The van der Waals surface area contributed by atoms with Crippen molar-refractivity contribution in [2.75, 3.05) is 4.90 Å². The Hall–Kier alpha value is -5.08. The van der Waals surface area contributed by atoms with E-state index < -0.39 is 0 Å². The summed E-state index contributed by atoms with van der Waals surface area (Å²) in [6.07, 6.45) is 0. The van der Waals surface area contributed by atoms with Crippen LogP contribution in [0.3, 0.4) is 0 Å². The van der Waals surface area contributed by atoms with E-state index in [1.165, 1.54) is 54.6 Å². The minimum absolute atomic E-state index is 0.148. The number of benzene rings is 7. The molecule has 44 heavy (non-hydrogen) atoms. The summed E-state index contributed by atoms with van der Waals surface area (Å²) in [4.78, 5) is 2.40. The van der Waals surface area contributed by atoms with E-state index in [0.717, 1.165) is 28.6 Å². The monoisotopic (exact) mass is 567 g/mol. The Morgan fingerprint density at radius 3 is 1.55 bits per heavy atom. The van der Waals surface area contributed by atoms with E-state index >= 15 is 0 Å². The molecule has 2 aliphatic rings. The molecule has 0 saturated carbocycles. The van der Waals surface area contributed by atoms with E-state index in [1.807, 2.05) is 0 Å². The molecule has 212 valence electrons. The normalized spacial score (nSPS) is 15.8. The standard InChI is InChI=1S/C42H33NO/c1-41(2)33-17-9-10-18-34(33)42(3,4)36-25-40-38(24-35(36)41)43(37-19-11-12-20-39(37)44-40)26-21-22-31-29-15-6-5-13-27(29)28-14-7-8-16-30(28)32(31)23-26/h5-25H,1-4H3. The number of hydrogen-bond acceptors (Lipinski definition) is 2. The van der Waals surface area contributed by atoms with E-state index in [9.17, 15) is 0 Å². The lowest BCUT2D eigenvalue weighted by Crippen LogP contribution is -2.37. The van der Waals surface area contributed by atoms with Crippen molar-refractivity contribution in [2.24, 2.45) is 0 Å². The van der Waals surface area contributed by atoms with Crippen LogP contribution in [0.25, 0.3) is 32.3 Å². The second-order valence-corrected chi connectivity index (χ2v) is 13.4. The Bertz CT molecular complexity index is 2290. The van der Waals surface area contributed by atoms with Crippen LogP contribution in [0.2, 0.25) is 0 Å². The molecule has 0 N–H and O–H groups in total. The van der Waals surface area contributed by atoms with Gasteiger partial charge in [0, 0.05) is 16.5 Å². The zero-order valence-corrected chi connectivity index (χ0v) is 25.5. The summed E-state index contributed by atoms with van der Waals surface area (Å²) in [6.45, 7) is 9.42. The zero-order chi connectivity index (χ0) is 29.8. The van der Waals surface area contributed by atoms with Crippen molar-refractivity contribution in [1.29, 1.82) is 0 Å². The maximum atomic E-state index is 6.72. The van der Waals surface area contributed by atoms with E-state index in [1.54, 1.807) is 0 Å². The second-order valence-electron chi connectivity index (χ2n) is 13.4. The smallest absolute Gasteiger partial charge is 0.151 e. The summed E-state index contributed by atoms with van der Waals surface area (Å²) in [6, 6.07) is 46.6. The number of anilines is 3. The number of hydrogen-bond donors (Lipinski definition) is 0. The third-order valence-electron chi connectivity index (χ3n) is 10.3. The molecule has 0 aromatic heterocycles. The van der Waals surface area contributed by atoms with E-state index in [4.69, 9.17) is 4.74 Å². The summed E-state index contributed by atoms with van der Waals surface area (Å²) < 4.78 is 6.72. The minimum atomic E-state index is -0.155. The first-order valence-electron chi connectivity index (χ1n) is 15.5.